The molecular formula is C23H24F2N6O. The van der Waals surface area contributed by atoms with Crippen molar-refractivity contribution in [3.05, 3.63) is 42.7 Å². The number of hydrogen-bond donors (Lipinski definition) is 2. The number of aromatic nitrogens is 4. The second-order valence-electron chi connectivity index (χ2n) is 9.10. The number of phenolic OH excluding ortho intramolecular Hbond substituents is 1. The highest BCUT2D eigenvalue weighted by atomic mass is 19.1. The monoisotopic (exact) mass is 438 g/mol. The summed E-state index contributed by atoms with van der Waals surface area (Å²) in [6.07, 6.45) is 8.36. The maximum atomic E-state index is 15.0. The first-order valence-electron chi connectivity index (χ1n) is 11.0. The van der Waals surface area contributed by atoms with Gasteiger partial charge in [-0.05, 0) is 37.3 Å². The Labute approximate surface area is 184 Å². The standard InChI is InChI=1S/C23H24F2N6O/c1-30-11-13(8-29-30)15-6-20(32)16(5-17(15)24)19-9-28-21(10-27-19)31(14-2-3-14)23-12-4-18(22(23)25)26-7-12/h5-6,8-12,14,18,22-23,26,32H,2-4,7H2,1H3/t12?,18?,22-,23-/m0/s1. The zero-order valence-corrected chi connectivity index (χ0v) is 17.6. The zero-order valence-electron chi connectivity index (χ0n) is 17.6. The second kappa shape index (κ2) is 7.23. The molecule has 2 unspecified atom stereocenters. The molecule has 0 radical (unpaired) electrons. The maximum absolute atomic E-state index is 15.0. The number of halogens is 2. The van der Waals surface area contributed by atoms with Gasteiger partial charge in [-0.15, -0.1) is 0 Å². The van der Waals surface area contributed by atoms with Gasteiger partial charge in [0.15, 0.2) is 0 Å². The van der Waals surface area contributed by atoms with E-state index in [0.29, 0.717) is 23.1 Å². The fraction of sp³-hybridized carbons (Fsp3) is 0.435. The molecule has 9 heteroatoms. The second-order valence-corrected chi connectivity index (χ2v) is 9.10. The van der Waals surface area contributed by atoms with Crippen LogP contribution in [0.4, 0.5) is 14.6 Å². The average molecular weight is 438 g/mol. The first-order valence-corrected chi connectivity index (χ1v) is 11.0. The van der Waals surface area contributed by atoms with Crippen LogP contribution in [0.25, 0.3) is 22.4 Å². The molecule has 1 aromatic carbocycles. The van der Waals surface area contributed by atoms with E-state index in [0.717, 1.165) is 25.8 Å². The van der Waals surface area contributed by atoms with E-state index < -0.39 is 12.0 Å². The van der Waals surface area contributed by atoms with Crippen molar-refractivity contribution in [3.8, 4) is 28.1 Å². The van der Waals surface area contributed by atoms with Crippen molar-refractivity contribution < 1.29 is 13.9 Å². The van der Waals surface area contributed by atoms with E-state index in [4.69, 9.17) is 0 Å². The molecule has 3 aromatic rings. The van der Waals surface area contributed by atoms with E-state index in [1.165, 1.54) is 18.3 Å². The predicted molar refractivity (Wildman–Crippen MR) is 115 cm³/mol. The van der Waals surface area contributed by atoms with Crippen LogP contribution < -0.4 is 10.2 Å². The van der Waals surface area contributed by atoms with Gasteiger partial charge in [0.1, 0.15) is 23.6 Å². The van der Waals surface area contributed by atoms with Crippen LogP contribution in [-0.2, 0) is 7.05 Å². The predicted octanol–water partition coefficient (Wildman–Crippen LogP) is 3.06. The van der Waals surface area contributed by atoms with Gasteiger partial charge in [-0.3, -0.25) is 9.67 Å². The van der Waals surface area contributed by atoms with Crippen LogP contribution in [-0.4, -0.2) is 55.7 Å². The molecule has 1 aliphatic heterocycles. The van der Waals surface area contributed by atoms with Crippen LogP contribution in [0, 0.1) is 11.7 Å². The topological polar surface area (TPSA) is 79.1 Å². The van der Waals surface area contributed by atoms with Crippen molar-refractivity contribution in [1.82, 2.24) is 25.1 Å². The van der Waals surface area contributed by atoms with Gasteiger partial charge in [0, 0.05) is 48.6 Å². The van der Waals surface area contributed by atoms with E-state index in [2.05, 4.69) is 25.3 Å². The summed E-state index contributed by atoms with van der Waals surface area (Å²) in [5, 5.41) is 17.9. The average Bonchev–Trinajstić information content (AvgIpc) is 3.20. The van der Waals surface area contributed by atoms with Crippen molar-refractivity contribution >= 4 is 5.82 Å². The van der Waals surface area contributed by atoms with E-state index in [1.54, 1.807) is 30.3 Å². The molecule has 2 aliphatic carbocycles. The minimum atomic E-state index is -0.922. The number of aryl methyl sites for hydroxylation is 1. The molecule has 32 heavy (non-hydrogen) atoms. The summed E-state index contributed by atoms with van der Waals surface area (Å²) in [6, 6.07) is 2.68. The van der Waals surface area contributed by atoms with Gasteiger partial charge in [0.05, 0.1) is 30.3 Å². The maximum Gasteiger partial charge on any atom is 0.147 e. The molecule has 0 spiro atoms. The molecule has 4 atom stereocenters. The molecular weight excluding hydrogens is 414 g/mol. The number of nitrogens with one attached hydrogen (secondary N) is 1. The van der Waals surface area contributed by atoms with Crippen LogP contribution in [0.2, 0.25) is 0 Å². The number of nitrogens with zero attached hydrogens (tertiary/aromatic N) is 5. The summed E-state index contributed by atoms with van der Waals surface area (Å²) < 4.78 is 31.4. The molecule has 166 valence electrons. The first-order chi connectivity index (χ1) is 15.5. The SMILES string of the molecule is Cn1cc(-c2cc(O)c(-c3cnc(N(C4CC4)[C@H]4C5CNC(C5)[C@@H]4F)cn3)cc2F)cn1. The van der Waals surface area contributed by atoms with Gasteiger partial charge in [0.2, 0.25) is 0 Å². The van der Waals surface area contributed by atoms with E-state index in [9.17, 15) is 13.9 Å². The summed E-state index contributed by atoms with van der Waals surface area (Å²) in [4.78, 5) is 11.1. The van der Waals surface area contributed by atoms with Crippen LogP contribution in [0.15, 0.2) is 36.9 Å². The molecule has 1 saturated heterocycles. The lowest BCUT2D eigenvalue weighted by Crippen LogP contribution is -2.53. The van der Waals surface area contributed by atoms with Crippen molar-refractivity contribution in [2.45, 2.75) is 43.6 Å². The number of rotatable bonds is 5. The Balaban J connectivity index is 1.30. The third kappa shape index (κ3) is 3.14. The lowest BCUT2D eigenvalue weighted by atomic mass is 10.00. The van der Waals surface area contributed by atoms with Crippen molar-refractivity contribution in [2.24, 2.45) is 13.0 Å². The van der Waals surface area contributed by atoms with Crippen molar-refractivity contribution in [3.63, 3.8) is 0 Å². The summed E-state index contributed by atoms with van der Waals surface area (Å²) in [6.45, 7) is 0.834. The Morgan fingerprint density at radius 1 is 1.16 bits per heavy atom. The Morgan fingerprint density at radius 3 is 2.62 bits per heavy atom. The molecule has 2 aromatic heterocycles. The van der Waals surface area contributed by atoms with Crippen LogP contribution >= 0.6 is 0 Å². The van der Waals surface area contributed by atoms with Gasteiger partial charge >= 0.3 is 0 Å². The molecule has 0 amide bonds. The normalized spacial score (nSPS) is 26.6. The molecule has 7 nitrogen and oxygen atoms in total. The number of aromatic hydroxyl groups is 1. The quantitative estimate of drug-likeness (QED) is 0.638. The highest BCUT2D eigenvalue weighted by Crippen LogP contribution is 2.43. The number of fused-ring (bicyclic) bond motifs is 2. The van der Waals surface area contributed by atoms with Gasteiger partial charge in [0.25, 0.3) is 0 Å². The summed E-state index contributed by atoms with van der Waals surface area (Å²) in [7, 11) is 1.75. The summed E-state index contributed by atoms with van der Waals surface area (Å²) >= 11 is 0. The number of benzene rings is 1. The van der Waals surface area contributed by atoms with Gasteiger partial charge in [-0.25, -0.2) is 13.8 Å². The Morgan fingerprint density at radius 2 is 2.00 bits per heavy atom. The Hall–Kier alpha value is -3.07. The third-order valence-electron chi connectivity index (χ3n) is 6.93. The highest BCUT2D eigenvalue weighted by molar-refractivity contribution is 5.74. The lowest BCUT2D eigenvalue weighted by Gasteiger charge is -2.37. The molecule has 2 bridgehead atoms. The summed E-state index contributed by atoms with van der Waals surface area (Å²) in [5.41, 5.74) is 1.47. The van der Waals surface area contributed by atoms with E-state index >= 15 is 0 Å². The largest absolute Gasteiger partial charge is 0.507 e. The number of phenols is 1. The Kier molecular flexibility index (Phi) is 4.43. The van der Waals surface area contributed by atoms with Gasteiger partial charge in [-0.2, -0.15) is 5.10 Å². The smallest absolute Gasteiger partial charge is 0.147 e. The number of alkyl halides is 1. The van der Waals surface area contributed by atoms with E-state index in [1.807, 2.05) is 0 Å². The molecule has 3 fully saturated rings. The van der Waals surface area contributed by atoms with E-state index in [-0.39, 0.29) is 34.9 Å². The molecule has 3 aliphatic rings. The first kappa shape index (κ1) is 19.6. The Bertz CT molecular complexity index is 1160. The molecule has 2 saturated carbocycles. The number of hydrogen-bond acceptors (Lipinski definition) is 6. The van der Waals surface area contributed by atoms with Crippen LogP contribution in [0.1, 0.15) is 19.3 Å². The van der Waals surface area contributed by atoms with Crippen LogP contribution in [0.3, 0.4) is 0 Å². The zero-order chi connectivity index (χ0) is 22.0. The van der Waals surface area contributed by atoms with Crippen molar-refractivity contribution in [1.29, 1.82) is 0 Å². The summed E-state index contributed by atoms with van der Waals surface area (Å²) in [5.74, 6) is 0.346. The fourth-order valence-electron chi connectivity index (χ4n) is 5.25. The molecule has 3 heterocycles. The number of piperidine rings is 1. The minimum Gasteiger partial charge on any atom is -0.507 e. The van der Waals surface area contributed by atoms with Gasteiger partial charge < -0.3 is 15.3 Å². The van der Waals surface area contributed by atoms with Gasteiger partial charge in [-0.1, -0.05) is 0 Å². The fourth-order valence-corrected chi connectivity index (χ4v) is 5.25. The number of anilines is 1. The van der Waals surface area contributed by atoms with Crippen LogP contribution in [0.5, 0.6) is 5.75 Å². The third-order valence-corrected chi connectivity index (χ3v) is 6.93. The highest BCUT2D eigenvalue weighted by Gasteiger charge is 2.53. The van der Waals surface area contributed by atoms with Crippen molar-refractivity contribution in [2.75, 3.05) is 11.4 Å². The molecule has 6 rings (SSSR count). The minimum absolute atomic E-state index is 0.0725. The molecule has 2 N–H and O–H groups in total. The lowest BCUT2D eigenvalue weighted by molar-refractivity contribution is 0.214.